The van der Waals surface area contributed by atoms with E-state index in [0.29, 0.717) is 11.6 Å². The molecule has 2 aliphatic rings. The normalized spacial score (nSPS) is 23.4. The molecule has 2 heterocycles. The number of rotatable bonds is 1. The maximum absolute atomic E-state index is 11.8. The van der Waals surface area contributed by atoms with E-state index in [2.05, 4.69) is 23.8 Å². The smallest absolute Gasteiger partial charge is 0.299 e. The largest absolute Gasteiger partial charge is 0.366 e. The van der Waals surface area contributed by atoms with Gasteiger partial charge in [0.25, 0.3) is 11.7 Å². The van der Waals surface area contributed by atoms with E-state index in [9.17, 15) is 9.59 Å². The molecule has 0 radical (unpaired) electrons. The maximum atomic E-state index is 11.8. The molecule has 1 atom stereocenters. The lowest BCUT2D eigenvalue weighted by Gasteiger charge is -2.40. The Bertz CT molecular complexity index is 584. The highest BCUT2D eigenvalue weighted by Gasteiger charge is 2.34. The topological polar surface area (TPSA) is 43.9 Å². The minimum absolute atomic E-state index is 0.402. The summed E-state index contributed by atoms with van der Waals surface area (Å²) < 4.78 is 0. The molecular weight excluding hydrogens is 254 g/mol. The van der Waals surface area contributed by atoms with Gasteiger partial charge in [0.2, 0.25) is 0 Å². The lowest BCUT2D eigenvalue weighted by Crippen LogP contribution is -2.50. The molecule has 1 fully saturated rings. The first-order valence-electron chi connectivity index (χ1n) is 6.90. The van der Waals surface area contributed by atoms with Gasteiger partial charge in [0.05, 0.1) is 11.3 Å². The lowest BCUT2D eigenvalue weighted by atomic mass is 10.1. The molecule has 1 unspecified atom stereocenters. The Balaban J connectivity index is 1.94. The van der Waals surface area contributed by atoms with Crippen molar-refractivity contribution in [3.8, 4) is 0 Å². The molecule has 5 nitrogen and oxygen atoms in total. The molecule has 3 rings (SSSR count). The monoisotopic (exact) mass is 273 g/mol. The summed E-state index contributed by atoms with van der Waals surface area (Å²) in [6, 6.07) is 6.11. The second kappa shape index (κ2) is 4.59. The van der Waals surface area contributed by atoms with Gasteiger partial charge < -0.3 is 14.7 Å². The van der Waals surface area contributed by atoms with Crippen LogP contribution in [0.5, 0.6) is 0 Å². The first-order chi connectivity index (χ1) is 9.49. The standard InChI is InChI=1S/C15H19N3O2/c1-10-9-16(2)6-7-18(10)11-4-5-12-13(8-11)17(3)15(20)14(12)19/h4-5,8,10H,6-7,9H2,1-3H3. The van der Waals surface area contributed by atoms with Gasteiger partial charge in [0.15, 0.2) is 0 Å². The summed E-state index contributed by atoms with van der Waals surface area (Å²) in [5, 5.41) is 0. The van der Waals surface area contributed by atoms with Crippen LogP contribution in [0.2, 0.25) is 0 Å². The van der Waals surface area contributed by atoms with Crippen LogP contribution < -0.4 is 9.80 Å². The van der Waals surface area contributed by atoms with Gasteiger partial charge >= 0.3 is 0 Å². The van der Waals surface area contributed by atoms with Crippen molar-refractivity contribution in [2.45, 2.75) is 13.0 Å². The van der Waals surface area contributed by atoms with Gasteiger partial charge in [-0.2, -0.15) is 0 Å². The van der Waals surface area contributed by atoms with Crippen molar-refractivity contribution in [2.24, 2.45) is 0 Å². The van der Waals surface area contributed by atoms with Crippen molar-refractivity contribution in [3.63, 3.8) is 0 Å². The third-order valence-corrected chi connectivity index (χ3v) is 4.25. The van der Waals surface area contributed by atoms with Gasteiger partial charge in [-0.05, 0) is 32.2 Å². The molecule has 0 aromatic heterocycles. The minimum Gasteiger partial charge on any atom is -0.366 e. The van der Waals surface area contributed by atoms with Gasteiger partial charge in [-0.1, -0.05) is 0 Å². The summed E-state index contributed by atoms with van der Waals surface area (Å²) in [5.74, 6) is -0.843. The predicted molar refractivity (Wildman–Crippen MR) is 78.5 cm³/mol. The first-order valence-corrected chi connectivity index (χ1v) is 6.90. The van der Waals surface area contributed by atoms with Gasteiger partial charge in [-0.3, -0.25) is 9.59 Å². The van der Waals surface area contributed by atoms with Gasteiger partial charge in [-0.15, -0.1) is 0 Å². The van der Waals surface area contributed by atoms with Crippen LogP contribution in [0.4, 0.5) is 11.4 Å². The second-order valence-electron chi connectivity index (χ2n) is 5.70. The third kappa shape index (κ3) is 1.89. The van der Waals surface area contributed by atoms with Crippen LogP contribution in [-0.4, -0.2) is 56.4 Å². The summed E-state index contributed by atoms with van der Waals surface area (Å²) in [7, 11) is 3.78. The molecule has 0 N–H and O–H groups in total. The van der Waals surface area contributed by atoms with Crippen LogP contribution >= 0.6 is 0 Å². The maximum Gasteiger partial charge on any atom is 0.299 e. The van der Waals surface area contributed by atoms with E-state index in [4.69, 9.17) is 0 Å². The molecule has 1 amide bonds. The molecule has 0 bridgehead atoms. The highest BCUT2D eigenvalue weighted by atomic mass is 16.2. The summed E-state index contributed by atoms with van der Waals surface area (Å²) in [6.45, 7) is 5.20. The zero-order valence-corrected chi connectivity index (χ0v) is 12.1. The number of hydrogen-bond donors (Lipinski definition) is 0. The Hall–Kier alpha value is -1.88. The van der Waals surface area contributed by atoms with E-state index in [1.807, 2.05) is 12.1 Å². The van der Waals surface area contributed by atoms with Gasteiger partial charge in [0, 0.05) is 38.4 Å². The molecule has 106 valence electrons. The van der Waals surface area contributed by atoms with Crippen LogP contribution in [0, 0.1) is 0 Å². The van der Waals surface area contributed by atoms with E-state index in [1.54, 1.807) is 13.1 Å². The number of Topliss-reactive ketones (excluding diaryl/α,β-unsaturated/α-hetero) is 1. The number of amides is 1. The Morgan fingerprint density at radius 1 is 1.15 bits per heavy atom. The van der Waals surface area contributed by atoms with Crippen molar-refractivity contribution in [1.82, 2.24) is 4.90 Å². The summed E-state index contributed by atoms with van der Waals surface area (Å²) in [6.07, 6.45) is 0. The van der Waals surface area contributed by atoms with E-state index >= 15 is 0 Å². The number of carbonyl (C=O) groups excluding carboxylic acids is 2. The van der Waals surface area contributed by atoms with Crippen LogP contribution in [0.3, 0.4) is 0 Å². The lowest BCUT2D eigenvalue weighted by molar-refractivity contribution is -0.114. The van der Waals surface area contributed by atoms with E-state index in [1.165, 1.54) is 4.90 Å². The number of hydrogen-bond acceptors (Lipinski definition) is 4. The molecule has 1 saturated heterocycles. The number of likely N-dealkylation sites (N-methyl/N-ethyl adjacent to an activating group) is 2. The van der Waals surface area contributed by atoms with E-state index < -0.39 is 11.7 Å². The number of piperazine rings is 1. The highest BCUT2D eigenvalue weighted by Crippen LogP contribution is 2.32. The predicted octanol–water partition coefficient (Wildman–Crippen LogP) is 0.986. The number of nitrogens with zero attached hydrogens (tertiary/aromatic N) is 3. The first kappa shape index (κ1) is 13.1. The van der Waals surface area contributed by atoms with Crippen molar-refractivity contribution in [2.75, 3.05) is 43.5 Å². The minimum atomic E-state index is -0.441. The fourth-order valence-corrected chi connectivity index (χ4v) is 3.07. The zero-order valence-electron chi connectivity index (χ0n) is 12.1. The summed E-state index contributed by atoms with van der Waals surface area (Å²) >= 11 is 0. The Kier molecular flexibility index (Phi) is 3.01. The average molecular weight is 273 g/mol. The molecule has 0 saturated carbocycles. The number of benzene rings is 1. The molecule has 5 heteroatoms. The molecule has 2 aliphatic heterocycles. The highest BCUT2D eigenvalue weighted by molar-refractivity contribution is 6.52. The second-order valence-corrected chi connectivity index (χ2v) is 5.70. The summed E-state index contributed by atoms with van der Waals surface area (Å²) in [4.78, 5) is 29.6. The number of anilines is 2. The van der Waals surface area contributed by atoms with Gasteiger partial charge in [-0.25, -0.2) is 0 Å². The molecule has 1 aromatic rings. The molecule has 20 heavy (non-hydrogen) atoms. The molecule has 0 aliphatic carbocycles. The Morgan fingerprint density at radius 2 is 1.90 bits per heavy atom. The Morgan fingerprint density at radius 3 is 2.60 bits per heavy atom. The van der Waals surface area contributed by atoms with Crippen molar-refractivity contribution >= 4 is 23.1 Å². The van der Waals surface area contributed by atoms with Crippen molar-refractivity contribution in [1.29, 1.82) is 0 Å². The average Bonchev–Trinajstić information content (AvgIpc) is 2.64. The molecule has 0 spiro atoms. The zero-order chi connectivity index (χ0) is 14.4. The fraction of sp³-hybridized carbons (Fsp3) is 0.467. The number of fused-ring (bicyclic) bond motifs is 1. The summed E-state index contributed by atoms with van der Waals surface area (Å²) in [5.41, 5.74) is 2.32. The van der Waals surface area contributed by atoms with E-state index in [-0.39, 0.29) is 0 Å². The molecular formula is C15H19N3O2. The van der Waals surface area contributed by atoms with E-state index in [0.717, 1.165) is 31.0 Å². The van der Waals surface area contributed by atoms with Crippen molar-refractivity contribution < 1.29 is 9.59 Å². The molecule has 1 aromatic carbocycles. The van der Waals surface area contributed by atoms with Crippen LogP contribution in [-0.2, 0) is 4.79 Å². The fourth-order valence-electron chi connectivity index (χ4n) is 3.07. The van der Waals surface area contributed by atoms with Crippen LogP contribution in [0.25, 0.3) is 0 Å². The van der Waals surface area contributed by atoms with Gasteiger partial charge in [0.1, 0.15) is 0 Å². The van der Waals surface area contributed by atoms with Crippen LogP contribution in [0.15, 0.2) is 18.2 Å². The van der Waals surface area contributed by atoms with Crippen LogP contribution in [0.1, 0.15) is 17.3 Å². The third-order valence-electron chi connectivity index (χ3n) is 4.25. The number of ketones is 1. The quantitative estimate of drug-likeness (QED) is 0.716. The van der Waals surface area contributed by atoms with Crippen molar-refractivity contribution in [3.05, 3.63) is 23.8 Å². The SMILES string of the molecule is CC1CN(C)CCN1c1ccc2c(c1)N(C)C(=O)C2=O. The Labute approximate surface area is 118 Å². The number of carbonyl (C=O) groups is 2.